The van der Waals surface area contributed by atoms with E-state index in [9.17, 15) is 37.5 Å². The van der Waals surface area contributed by atoms with E-state index in [1.807, 2.05) is 17.0 Å². The molecular formula is C31H31FN6O9S. The fourth-order valence-electron chi connectivity index (χ4n) is 6.87. The minimum atomic E-state index is -4.35. The SMILES string of the molecule is O=C1CCC(n2c(=O)oc3cc(C4CCN(CC(=O)N5CC=C(c6ccc(O)c(N7CC(=O)NS7(=O)=O)c6F)C5)CC4)ccc32)C(=O)N1. The molecule has 48 heavy (non-hydrogen) atoms. The Bertz CT molecular complexity index is 2080. The smallest absolute Gasteiger partial charge is 0.420 e. The van der Waals surface area contributed by atoms with Crippen molar-refractivity contribution in [3.63, 3.8) is 0 Å². The topological polar surface area (TPSA) is 192 Å². The third-order valence-corrected chi connectivity index (χ3v) is 10.7. The molecule has 3 fully saturated rings. The number of hydrogen-bond acceptors (Lipinski definition) is 10. The lowest BCUT2D eigenvalue weighted by atomic mass is 9.89. The van der Waals surface area contributed by atoms with Gasteiger partial charge in [-0.2, -0.15) is 8.42 Å². The zero-order valence-electron chi connectivity index (χ0n) is 25.5. The minimum Gasteiger partial charge on any atom is -0.506 e. The summed E-state index contributed by atoms with van der Waals surface area (Å²) in [5.41, 5.74) is 1.66. The van der Waals surface area contributed by atoms with Gasteiger partial charge in [0, 0.05) is 25.1 Å². The van der Waals surface area contributed by atoms with Crippen LogP contribution in [0.4, 0.5) is 10.1 Å². The molecule has 3 aromatic rings. The summed E-state index contributed by atoms with van der Waals surface area (Å²) in [6.07, 6.45) is 3.52. The number of phenols is 1. The van der Waals surface area contributed by atoms with Crippen LogP contribution in [0.2, 0.25) is 0 Å². The Kier molecular flexibility index (Phi) is 7.82. The van der Waals surface area contributed by atoms with Gasteiger partial charge in [0.05, 0.1) is 12.1 Å². The fraction of sp³-hybridized carbons (Fsp3) is 0.387. The number of fused-ring (bicyclic) bond motifs is 1. The Morgan fingerprint density at radius 3 is 2.50 bits per heavy atom. The number of imide groups is 1. The first-order chi connectivity index (χ1) is 22.9. The Hall–Kier alpha value is -5.03. The third kappa shape index (κ3) is 5.61. The van der Waals surface area contributed by atoms with Gasteiger partial charge >= 0.3 is 16.0 Å². The number of benzene rings is 2. The third-order valence-electron chi connectivity index (χ3n) is 9.36. The highest BCUT2D eigenvalue weighted by atomic mass is 32.2. The van der Waals surface area contributed by atoms with Crippen molar-refractivity contribution in [2.45, 2.75) is 37.6 Å². The standard InChI is InChI=1S/C31H31FN6O9S/c32-28-20(2-5-23(39)29(28)37-15-26(41)34-48(37,45)46)19-9-12-36(14-19)27(42)16-35-10-7-17(8-11-35)18-1-3-21-24(13-18)47-31(44)38(21)22-4-6-25(40)33-30(22)43/h1-3,5,9,13,17,22,39H,4,6-8,10-12,14-16H2,(H,34,41)(H,33,40,43). The summed E-state index contributed by atoms with van der Waals surface area (Å²) in [7, 11) is -4.35. The van der Waals surface area contributed by atoms with Gasteiger partial charge in [0.25, 0.3) is 5.91 Å². The molecule has 0 saturated carbocycles. The van der Waals surface area contributed by atoms with Crippen LogP contribution in [-0.2, 0) is 29.4 Å². The molecule has 252 valence electrons. The van der Waals surface area contributed by atoms with E-state index in [2.05, 4.69) is 5.32 Å². The monoisotopic (exact) mass is 682 g/mol. The second-order valence-electron chi connectivity index (χ2n) is 12.3. The number of nitrogens with zero attached hydrogens (tertiary/aromatic N) is 4. The predicted octanol–water partition coefficient (Wildman–Crippen LogP) is 0.703. The van der Waals surface area contributed by atoms with Crippen molar-refractivity contribution in [2.24, 2.45) is 0 Å². The van der Waals surface area contributed by atoms with Crippen molar-refractivity contribution in [3.8, 4) is 5.75 Å². The number of carbonyl (C=O) groups is 4. The molecule has 0 spiro atoms. The maximum Gasteiger partial charge on any atom is 0.420 e. The van der Waals surface area contributed by atoms with Crippen LogP contribution in [0.1, 0.15) is 48.8 Å². The van der Waals surface area contributed by atoms with Crippen molar-refractivity contribution in [1.29, 1.82) is 0 Å². The van der Waals surface area contributed by atoms with Gasteiger partial charge in [-0.05, 0) is 73.7 Å². The Morgan fingerprint density at radius 2 is 1.79 bits per heavy atom. The van der Waals surface area contributed by atoms with Gasteiger partial charge in [0.15, 0.2) is 11.4 Å². The molecule has 4 amide bonds. The average molecular weight is 683 g/mol. The Labute approximate surface area is 272 Å². The zero-order valence-corrected chi connectivity index (χ0v) is 26.3. The zero-order chi connectivity index (χ0) is 33.9. The summed E-state index contributed by atoms with van der Waals surface area (Å²) in [5, 5.41) is 12.5. The summed E-state index contributed by atoms with van der Waals surface area (Å²) in [4.78, 5) is 65.1. The van der Waals surface area contributed by atoms with Gasteiger partial charge in [-0.15, -0.1) is 0 Å². The molecule has 1 atom stereocenters. The number of rotatable bonds is 6. The highest BCUT2D eigenvalue weighted by molar-refractivity contribution is 7.92. The maximum atomic E-state index is 15.6. The summed E-state index contributed by atoms with van der Waals surface area (Å²) >= 11 is 0. The van der Waals surface area contributed by atoms with Crippen LogP contribution in [0, 0.1) is 5.82 Å². The number of amides is 4. The number of aromatic hydroxyl groups is 1. The van der Waals surface area contributed by atoms with Crippen molar-refractivity contribution < 1.29 is 41.5 Å². The lowest BCUT2D eigenvalue weighted by Crippen LogP contribution is -2.43. The van der Waals surface area contributed by atoms with Gasteiger partial charge in [0.2, 0.25) is 17.7 Å². The summed E-state index contributed by atoms with van der Waals surface area (Å²) < 4.78 is 49.2. The normalized spacial score (nSPS) is 21.9. The number of piperidine rings is 2. The molecule has 0 aliphatic carbocycles. The number of phenolic OH excluding ortho intramolecular Hbond substituents is 1. The van der Waals surface area contributed by atoms with Gasteiger partial charge in [-0.3, -0.25) is 34.0 Å². The van der Waals surface area contributed by atoms with Gasteiger partial charge in [-0.1, -0.05) is 12.1 Å². The van der Waals surface area contributed by atoms with E-state index in [4.69, 9.17) is 4.42 Å². The van der Waals surface area contributed by atoms with Gasteiger partial charge in [0.1, 0.15) is 24.0 Å². The molecule has 1 aromatic heterocycles. The van der Waals surface area contributed by atoms with Crippen LogP contribution in [0.5, 0.6) is 5.75 Å². The highest BCUT2D eigenvalue weighted by Crippen LogP contribution is 2.38. The second kappa shape index (κ2) is 11.9. The molecule has 17 heteroatoms. The number of hydrogen-bond donors (Lipinski definition) is 3. The number of likely N-dealkylation sites (tertiary alicyclic amines) is 1. The van der Waals surface area contributed by atoms with Crippen molar-refractivity contribution in [1.82, 2.24) is 24.4 Å². The van der Waals surface area contributed by atoms with Gasteiger partial charge in [-0.25, -0.2) is 18.2 Å². The number of halogens is 1. The first-order valence-corrected chi connectivity index (χ1v) is 16.9. The molecule has 2 aromatic carbocycles. The molecule has 5 heterocycles. The van der Waals surface area contributed by atoms with Gasteiger partial charge < -0.3 is 14.4 Å². The number of aromatic nitrogens is 1. The summed E-state index contributed by atoms with van der Waals surface area (Å²) in [6.45, 7) is 1.07. The number of anilines is 1. The number of carbonyl (C=O) groups excluding carboxylic acids is 4. The van der Waals surface area contributed by atoms with E-state index in [0.717, 1.165) is 24.5 Å². The Morgan fingerprint density at radius 1 is 1.02 bits per heavy atom. The molecule has 1 unspecified atom stereocenters. The van der Waals surface area contributed by atoms with Crippen molar-refractivity contribution in [3.05, 3.63) is 63.9 Å². The average Bonchev–Trinajstić information content (AvgIpc) is 3.72. The second-order valence-corrected chi connectivity index (χ2v) is 13.9. The molecule has 4 aliphatic rings. The lowest BCUT2D eigenvalue weighted by Gasteiger charge is -2.32. The first-order valence-electron chi connectivity index (χ1n) is 15.4. The van der Waals surface area contributed by atoms with Crippen LogP contribution in [-0.4, -0.2) is 90.8 Å². The van der Waals surface area contributed by atoms with Crippen molar-refractivity contribution >= 4 is 56.2 Å². The first kappa shape index (κ1) is 31.6. The highest BCUT2D eigenvalue weighted by Gasteiger charge is 2.39. The van der Waals surface area contributed by atoms with E-state index in [0.29, 0.717) is 34.1 Å². The van der Waals surface area contributed by atoms with E-state index in [-0.39, 0.29) is 55.8 Å². The van der Waals surface area contributed by atoms with Crippen molar-refractivity contribution in [2.75, 3.05) is 43.6 Å². The van der Waals surface area contributed by atoms with E-state index < -0.39 is 57.6 Å². The molecule has 4 aliphatic heterocycles. The maximum absolute atomic E-state index is 15.6. The van der Waals surface area contributed by atoms with E-state index >= 15 is 4.39 Å². The van der Waals surface area contributed by atoms with Crippen LogP contribution < -0.4 is 20.1 Å². The number of nitrogens with one attached hydrogen (secondary N) is 2. The molecule has 3 N–H and O–H groups in total. The van der Waals surface area contributed by atoms with Crippen LogP contribution in [0.15, 0.2) is 45.6 Å². The predicted molar refractivity (Wildman–Crippen MR) is 167 cm³/mol. The largest absolute Gasteiger partial charge is 0.506 e. The quantitative estimate of drug-likeness (QED) is 0.312. The van der Waals surface area contributed by atoms with Crippen LogP contribution in [0.3, 0.4) is 0 Å². The van der Waals surface area contributed by atoms with Crippen LogP contribution >= 0.6 is 0 Å². The molecule has 3 saturated heterocycles. The Balaban J connectivity index is 0.964. The molecule has 0 radical (unpaired) electrons. The summed E-state index contributed by atoms with van der Waals surface area (Å²) in [5.74, 6) is -4.07. The molecule has 15 nitrogen and oxygen atoms in total. The molecule has 0 bridgehead atoms. The van der Waals surface area contributed by atoms with E-state index in [1.165, 1.54) is 10.6 Å². The van der Waals surface area contributed by atoms with Crippen LogP contribution in [0.25, 0.3) is 16.7 Å². The summed E-state index contributed by atoms with van der Waals surface area (Å²) in [6, 6.07) is 7.12. The van der Waals surface area contributed by atoms with E-state index in [1.54, 1.807) is 21.8 Å². The molecule has 7 rings (SSSR count). The fourth-order valence-corrected chi connectivity index (χ4v) is 8.04. The number of oxazole rings is 1. The minimum absolute atomic E-state index is 0.0220. The lowest BCUT2D eigenvalue weighted by molar-refractivity contribution is -0.136. The molecular weight excluding hydrogens is 651 g/mol.